The Bertz CT molecular complexity index is 1150. The van der Waals surface area contributed by atoms with E-state index in [9.17, 15) is 4.79 Å². The van der Waals surface area contributed by atoms with Gasteiger partial charge in [-0.3, -0.25) is 4.79 Å². The molecule has 1 aliphatic heterocycles. The number of carbonyl (C=O) groups excluding carboxylic acids is 1. The fraction of sp³-hybridized carbons (Fsp3) is 0.190. The summed E-state index contributed by atoms with van der Waals surface area (Å²) in [5, 5.41) is 6.49. The van der Waals surface area contributed by atoms with Gasteiger partial charge in [0.25, 0.3) is 0 Å². The molecule has 4 aromatic rings. The molecule has 146 valence electrons. The maximum absolute atomic E-state index is 12.3. The molecule has 0 fully saturated rings. The van der Waals surface area contributed by atoms with Crippen molar-refractivity contribution in [3.05, 3.63) is 52.9 Å². The second-order valence-corrected chi connectivity index (χ2v) is 8.56. The molecule has 6 nitrogen and oxygen atoms in total. The number of nitrogens with one attached hydrogen (secondary N) is 1. The molecule has 1 N–H and O–H groups in total. The average molecular weight is 424 g/mol. The van der Waals surface area contributed by atoms with Gasteiger partial charge in [0.15, 0.2) is 16.6 Å². The summed E-state index contributed by atoms with van der Waals surface area (Å²) in [4.78, 5) is 21.4. The molecule has 3 heterocycles. The van der Waals surface area contributed by atoms with Gasteiger partial charge in [-0.1, -0.05) is 12.1 Å². The van der Waals surface area contributed by atoms with Crippen LogP contribution in [0.3, 0.4) is 0 Å². The molecular weight excluding hydrogens is 406 g/mol. The minimum Gasteiger partial charge on any atom is -0.454 e. The number of hydrogen-bond acceptors (Lipinski definition) is 7. The standard InChI is InChI=1S/C21H17N3O3S2/c25-19(6-3-7-20-22-14-4-1-2-5-18(14)29-20)24-21-23-15(11-28-21)13-8-9-16-17(10-13)27-12-26-16/h1-2,4-5,8-11H,3,6-7,12H2,(H,23,24,25). The summed E-state index contributed by atoms with van der Waals surface area (Å²) >= 11 is 3.10. The van der Waals surface area contributed by atoms with Crippen molar-refractivity contribution in [1.82, 2.24) is 9.97 Å². The SMILES string of the molecule is O=C(CCCc1nc2ccccc2s1)Nc1nc(-c2ccc3c(c2)OCO3)cs1. The Labute approximate surface area is 175 Å². The molecule has 0 unspecified atom stereocenters. The summed E-state index contributed by atoms with van der Waals surface area (Å²) in [6, 6.07) is 13.8. The first-order valence-electron chi connectivity index (χ1n) is 9.24. The van der Waals surface area contributed by atoms with E-state index in [1.165, 1.54) is 16.0 Å². The van der Waals surface area contributed by atoms with Gasteiger partial charge in [-0.15, -0.1) is 22.7 Å². The van der Waals surface area contributed by atoms with Crippen LogP contribution < -0.4 is 14.8 Å². The summed E-state index contributed by atoms with van der Waals surface area (Å²) in [7, 11) is 0. The predicted molar refractivity (Wildman–Crippen MR) is 115 cm³/mol. The highest BCUT2D eigenvalue weighted by molar-refractivity contribution is 7.18. The van der Waals surface area contributed by atoms with Gasteiger partial charge < -0.3 is 14.8 Å². The molecule has 2 aromatic heterocycles. The van der Waals surface area contributed by atoms with E-state index < -0.39 is 0 Å². The molecule has 0 atom stereocenters. The molecule has 0 saturated heterocycles. The van der Waals surface area contributed by atoms with Gasteiger partial charge in [-0.2, -0.15) is 0 Å². The lowest BCUT2D eigenvalue weighted by Crippen LogP contribution is -2.11. The lowest BCUT2D eigenvalue weighted by Gasteiger charge is -2.01. The summed E-state index contributed by atoms with van der Waals surface area (Å²) in [6.45, 7) is 0.244. The van der Waals surface area contributed by atoms with Crippen LogP contribution in [-0.2, 0) is 11.2 Å². The number of hydrogen-bond donors (Lipinski definition) is 1. The van der Waals surface area contributed by atoms with Crippen LogP contribution >= 0.6 is 22.7 Å². The number of carbonyl (C=O) groups is 1. The number of benzene rings is 2. The fourth-order valence-electron chi connectivity index (χ4n) is 3.13. The van der Waals surface area contributed by atoms with Crippen molar-refractivity contribution in [3.63, 3.8) is 0 Å². The second kappa shape index (κ2) is 7.81. The second-order valence-electron chi connectivity index (χ2n) is 6.58. The van der Waals surface area contributed by atoms with Gasteiger partial charge >= 0.3 is 0 Å². The zero-order valence-electron chi connectivity index (χ0n) is 15.4. The highest BCUT2D eigenvalue weighted by atomic mass is 32.1. The molecule has 1 aliphatic rings. The van der Waals surface area contributed by atoms with Crippen LogP contribution in [-0.4, -0.2) is 22.7 Å². The van der Waals surface area contributed by atoms with Gasteiger partial charge in [-0.25, -0.2) is 9.97 Å². The third-order valence-corrected chi connectivity index (χ3v) is 6.41. The summed E-state index contributed by atoms with van der Waals surface area (Å²) in [5.74, 6) is 1.43. The Hall–Kier alpha value is -2.97. The molecule has 8 heteroatoms. The number of ether oxygens (including phenoxy) is 2. The largest absolute Gasteiger partial charge is 0.454 e. The molecule has 0 spiro atoms. The fourth-order valence-corrected chi connectivity index (χ4v) is 4.87. The van der Waals surface area contributed by atoms with E-state index in [1.807, 2.05) is 41.8 Å². The minimum atomic E-state index is -0.0299. The number of para-hydroxylation sites is 1. The van der Waals surface area contributed by atoms with E-state index in [2.05, 4.69) is 21.4 Å². The first kappa shape index (κ1) is 18.1. The first-order valence-corrected chi connectivity index (χ1v) is 10.9. The third-order valence-electron chi connectivity index (χ3n) is 4.55. The Morgan fingerprint density at radius 1 is 1.10 bits per heavy atom. The number of aryl methyl sites for hydroxylation is 1. The molecule has 5 rings (SSSR count). The molecule has 0 bridgehead atoms. The van der Waals surface area contributed by atoms with Crippen LogP contribution in [0.2, 0.25) is 0 Å². The Kier molecular flexibility index (Phi) is 4.87. The van der Waals surface area contributed by atoms with E-state index in [1.54, 1.807) is 11.3 Å². The smallest absolute Gasteiger partial charge is 0.231 e. The van der Waals surface area contributed by atoms with Gasteiger partial charge in [0, 0.05) is 17.4 Å². The summed E-state index contributed by atoms with van der Waals surface area (Å²) in [6.07, 6.45) is 1.99. The number of aromatic nitrogens is 2. The zero-order chi connectivity index (χ0) is 19.6. The Morgan fingerprint density at radius 2 is 2.00 bits per heavy atom. The highest BCUT2D eigenvalue weighted by Crippen LogP contribution is 2.36. The molecular formula is C21H17N3O3S2. The number of nitrogens with zero attached hydrogens (tertiary/aromatic N) is 2. The van der Waals surface area contributed by atoms with Crippen LogP contribution in [0.1, 0.15) is 17.8 Å². The van der Waals surface area contributed by atoms with Crippen molar-refractivity contribution < 1.29 is 14.3 Å². The number of amides is 1. The summed E-state index contributed by atoms with van der Waals surface area (Å²) < 4.78 is 11.9. The van der Waals surface area contributed by atoms with E-state index in [0.717, 1.165) is 46.1 Å². The molecule has 0 aliphatic carbocycles. The van der Waals surface area contributed by atoms with Crippen LogP contribution in [0.4, 0.5) is 5.13 Å². The Morgan fingerprint density at radius 3 is 2.93 bits per heavy atom. The monoisotopic (exact) mass is 423 g/mol. The van der Waals surface area contributed by atoms with Crippen molar-refractivity contribution in [1.29, 1.82) is 0 Å². The number of fused-ring (bicyclic) bond motifs is 2. The van der Waals surface area contributed by atoms with Crippen LogP contribution in [0.25, 0.3) is 21.5 Å². The number of rotatable bonds is 6. The normalized spacial score (nSPS) is 12.4. The quantitative estimate of drug-likeness (QED) is 0.466. The van der Waals surface area contributed by atoms with Crippen molar-refractivity contribution in [2.75, 3.05) is 12.1 Å². The van der Waals surface area contributed by atoms with E-state index in [0.29, 0.717) is 11.6 Å². The van der Waals surface area contributed by atoms with Crippen molar-refractivity contribution in [2.24, 2.45) is 0 Å². The van der Waals surface area contributed by atoms with E-state index in [4.69, 9.17) is 9.47 Å². The maximum Gasteiger partial charge on any atom is 0.231 e. The number of anilines is 1. The van der Waals surface area contributed by atoms with Crippen molar-refractivity contribution in [2.45, 2.75) is 19.3 Å². The summed E-state index contributed by atoms with van der Waals surface area (Å²) in [5.41, 5.74) is 2.76. The highest BCUT2D eigenvalue weighted by Gasteiger charge is 2.15. The van der Waals surface area contributed by atoms with Crippen molar-refractivity contribution in [3.8, 4) is 22.8 Å². The molecule has 2 aromatic carbocycles. The Balaban J connectivity index is 1.16. The molecule has 29 heavy (non-hydrogen) atoms. The predicted octanol–water partition coefficient (Wildman–Crippen LogP) is 5.11. The minimum absolute atomic E-state index is 0.0299. The van der Waals surface area contributed by atoms with Crippen LogP contribution in [0.5, 0.6) is 11.5 Å². The van der Waals surface area contributed by atoms with Crippen LogP contribution in [0.15, 0.2) is 47.8 Å². The number of thiazole rings is 2. The van der Waals surface area contributed by atoms with Crippen molar-refractivity contribution >= 4 is 43.9 Å². The third kappa shape index (κ3) is 3.94. The average Bonchev–Trinajstić information content (AvgIpc) is 3.46. The van der Waals surface area contributed by atoms with E-state index >= 15 is 0 Å². The van der Waals surface area contributed by atoms with Gasteiger partial charge in [0.2, 0.25) is 12.7 Å². The zero-order valence-corrected chi connectivity index (χ0v) is 17.0. The van der Waals surface area contributed by atoms with Crippen LogP contribution in [0, 0.1) is 0 Å². The van der Waals surface area contributed by atoms with Gasteiger partial charge in [0.05, 0.1) is 20.9 Å². The lowest BCUT2D eigenvalue weighted by atomic mass is 10.1. The van der Waals surface area contributed by atoms with Gasteiger partial charge in [0.1, 0.15) is 0 Å². The molecule has 1 amide bonds. The van der Waals surface area contributed by atoms with E-state index in [-0.39, 0.29) is 12.7 Å². The van der Waals surface area contributed by atoms with Gasteiger partial charge in [-0.05, 0) is 43.2 Å². The molecule has 0 saturated carbocycles. The molecule has 0 radical (unpaired) electrons. The lowest BCUT2D eigenvalue weighted by molar-refractivity contribution is -0.116. The topological polar surface area (TPSA) is 73.3 Å². The first-order chi connectivity index (χ1) is 14.2. The maximum atomic E-state index is 12.3.